The molecule has 0 radical (unpaired) electrons. The third-order valence-electron chi connectivity index (χ3n) is 7.02. The minimum Gasteiger partial charge on any atom is -0.414 e. The van der Waals surface area contributed by atoms with Crippen LogP contribution in [0.4, 0.5) is 13.2 Å². The Balaban J connectivity index is 2.04. The number of hydrogen-bond acceptors (Lipinski definition) is 4. The largest absolute Gasteiger partial charge is 0.414 e. The van der Waals surface area contributed by atoms with Gasteiger partial charge in [-0.2, -0.15) is 0 Å². The van der Waals surface area contributed by atoms with Crippen LogP contribution in [0.3, 0.4) is 0 Å². The van der Waals surface area contributed by atoms with Gasteiger partial charge in [-0.25, -0.2) is 13.2 Å². The van der Waals surface area contributed by atoms with Crippen LogP contribution in [0.25, 0.3) is 0 Å². The highest BCUT2D eigenvalue weighted by molar-refractivity contribution is 14.1. The zero-order valence-electron chi connectivity index (χ0n) is 20.7. The van der Waals surface area contributed by atoms with E-state index < -0.39 is 46.8 Å². The summed E-state index contributed by atoms with van der Waals surface area (Å²) in [7, 11) is -5.52. The lowest BCUT2D eigenvalue weighted by Crippen LogP contribution is -2.65. The summed E-state index contributed by atoms with van der Waals surface area (Å²) in [5.74, 6) is -3.04. The number of rotatable bonds is 5. The normalized spacial score (nSPS) is 27.3. The van der Waals surface area contributed by atoms with Crippen molar-refractivity contribution in [2.24, 2.45) is 0 Å². The molecule has 3 rings (SSSR count). The Bertz CT molecular complexity index is 853. The van der Waals surface area contributed by atoms with E-state index in [0.29, 0.717) is 6.42 Å². The maximum Gasteiger partial charge on any atom is 0.335 e. The molecule has 0 bridgehead atoms. The van der Waals surface area contributed by atoms with Crippen LogP contribution < -0.4 is 0 Å². The molecule has 1 aromatic carbocycles. The Kier molecular flexibility index (Phi) is 8.51. The molecule has 2 saturated heterocycles. The lowest BCUT2D eigenvalue weighted by Gasteiger charge is -2.51. The summed E-state index contributed by atoms with van der Waals surface area (Å²) in [6, 6.07) is 0.908. The van der Waals surface area contributed by atoms with E-state index in [-0.39, 0.29) is 44.0 Å². The summed E-state index contributed by atoms with van der Waals surface area (Å²) in [4.78, 5) is 0. The van der Waals surface area contributed by atoms with Crippen molar-refractivity contribution in [3.63, 3.8) is 0 Å². The SMILES string of the molecule is CC(C)[Si]1(C(C)C)OC[C@H]2OC(c3cc(F)c(F)c(I)c3F)C[C@@H]2O[Si](C(C)C)(C(C)C)O1. The minimum atomic E-state index is -2.81. The molecule has 0 N–H and O–H groups in total. The Morgan fingerprint density at radius 2 is 1.39 bits per heavy atom. The van der Waals surface area contributed by atoms with E-state index >= 15 is 0 Å². The fourth-order valence-corrected chi connectivity index (χ4v) is 17.0. The molecule has 188 valence electrons. The average molecular weight is 617 g/mol. The summed E-state index contributed by atoms with van der Waals surface area (Å²) in [5, 5.41) is 0. The predicted octanol–water partition coefficient (Wildman–Crippen LogP) is 7.49. The summed E-state index contributed by atoms with van der Waals surface area (Å²) >= 11 is 1.49. The van der Waals surface area contributed by atoms with Gasteiger partial charge in [0, 0.05) is 12.0 Å². The summed E-state index contributed by atoms with van der Waals surface area (Å²) in [5.41, 5.74) is 0.731. The number of fused-ring (bicyclic) bond motifs is 1. The van der Waals surface area contributed by atoms with E-state index in [4.69, 9.17) is 17.7 Å². The van der Waals surface area contributed by atoms with Crippen molar-refractivity contribution in [2.45, 2.75) is 102 Å². The number of halogens is 4. The second kappa shape index (κ2) is 10.2. The van der Waals surface area contributed by atoms with Gasteiger partial charge in [0.15, 0.2) is 11.6 Å². The van der Waals surface area contributed by atoms with Gasteiger partial charge >= 0.3 is 17.1 Å². The van der Waals surface area contributed by atoms with E-state index in [1.54, 1.807) is 0 Å². The third kappa shape index (κ3) is 4.86. The highest BCUT2D eigenvalue weighted by Crippen LogP contribution is 2.49. The van der Waals surface area contributed by atoms with E-state index in [9.17, 15) is 13.2 Å². The van der Waals surface area contributed by atoms with E-state index in [1.807, 2.05) is 0 Å². The van der Waals surface area contributed by atoms with Gasteiger partial charge < -0.3 is 17.7 Å². The fourth-order valence-electron chi connectivity index (χ4n) is 5.18. The lowest BCUT2D eigenvalue weighted by molar-refractivity contribution is -0.0392. The third-order valence-corrected chi connectivity index (χ3v) is 18.3. The molecule has 0 saturated carbocycles. The molecule has 10 heteroatoms. The first-order chi connectivity index (χ1) is 15.3. The Morgan fingerprint density at radius 3 is 1.91 bits per heavy atom. The van der Waals surface area contributed by atoms with Crippen molar-refractivity contribution in [1.29, 1.82) is 0 Å². The second-order valence-electron chi connectivity index (χ2n) is 10.4. The zero-order chi connectivity index (χ0) is 24.9. The smallest absolute Gasteiger partial charge is 0.335 e. The summed E-state index contributed by atoms with van der Waals surface area (Å²) < 4.78 is 69.5. The maximum absolute atomic E-state index is 14.9. The molecule has 2 aliphatic heterocycles. The summed E-state index contributed by atoms with van der Waals surface area (Å²) in [6.45, 7) is 17.4. The molecule has 1 unspecified atom stereocenters. The first-order valence-corrected chi connectivity index (χ1v) is 16.8. The standard InChI is InChI=1S/C23H36F3IO4Si2/c1-12(2)32(13(3)4)28-11-20-19(30-33(31-32,14(5)6)15(7)8)10-18(29-20)16-9-17(24)22(26)23(27)21(16)25/h9,12-15,18-20H,10-11H2,1-8H3/t18?,19-,20+/m0/s1. The van der Waals surface area contributed by atoms with Gasteiger partial charge in [-0.3, -0.25) is 0 Å². The highest BCUT2D eigenvalue weighted by Gasteiger charge is 2.60. The van der Waals surface area contributed by atoms with E-state index in [1.165, 1.54) is 22.6 Å². The van der Waals surface area contributed by atoms with Crippen LogP contribution in [0.15, 0.2) is 6.07 Å². The van der Waals surface area contributed by atoms with Crippen LogP contribution in [0.2, 0.25) is 22.2 Å². The number of ether oxygens (including phenoxy) is 1. The van der Waals surface area contributed by atoms with Gasteiger partial charge in [0.1, 0.15) is 11.9 Å². The quantitative estimate of drug-likeness (QED) is 0.149. The van der Waals surface area contributed by atoms with Gasteiger partial charge in [0.2, 0.25) is 0 Å². The number of hydrogen-bond donors (Lipinski definition) is 0. The molecule has 2 heterocycles. The van der Waals surface area contributed by atoms with Crippen molar-refractivity contribution in [3.8, 4) is 0 Å². The van der Waals surface area contributed by atoms with Crippen molar-refractivity contribution < 1.29 is 30.9 Å². The van der Waals surface area contributed by atoms with Crippen molar-refractivity contribution >= 4 is 39.7 Å². The van der Waals surface area contributed by atoms with Crippen LogP contribution >= 0.6 is 22.6 Å². The predicted molar refractivity (Wildman–Crippen MR) is 135 cm³/mol. The number of benzene rings is 1. The van der Waals surface area contributed by atoms with E-state index in [2.05, 4.69) is 55.4 Å². The topological polar surface area (TPSA) is 36.9 Å². The van der Waals surface area contributed by atoms with Crippen LogP contribution in [0, 0.1) is 21.0 Å². The van der Waals surface area contributed by atoms with Gasteiger partial charge in [-0.1, -0.05) is 55.4 Å². The van der Waals surface area contributed by atoms with Crippen molar-refractivity contribution in [2.75, 3.05) is 6.61 Å². The van der Waals surface area contributed by atoms with E-state index in [0.717, 1.165) is 6.07 Å². The molecule has 2 aliphatic rings. The first kappa shape index (κ1) is 27.6. The Hall–Kier alpha value is 0.0138. The van der Waals surface area contributed by atoms with Crippen LogP contribution in [-0.4, -0.2) is 35.9 Å². The highest BCUT2D eigenvalue weighted by atomic mass is 127. The lowest BCUT2D eigenvalue weighted by atomic mass is 10.0. The molecule has 2 fully saturated rings. The van der Waals surface area contributed by atoms with Crippen molar-refractivity contribution in [1.82, 2.24) is 0 Å². The molecular formula is C23H36F3IO4Si2. The molecule has 1 aromatic rings. The van der Waals surface area contributed by atoms with Crippen molar-refractivity contribution in [3.05, 3.63) is 32.7 Å². The zero-order valence-corrected chi connectivity index (χ0v) is 24.8. The Morgan fingerprint density at radius 1 is 0.848 bits per heavy atom. The Labute approximate surface area is 211 Å². The molecule has 3 atom stereocenters. The molecule has 0 spiro atoms. The van der Waals surface area contributed by atoms with Crippen LogP contribution in [-0.2, 0) is 17.7 Å². The molecule has 4 nitrogen and oxygen atoms in total. The molecule has 33 heavy (non-hydrogen) atoms. The first-order valence-electron chi connectivity index (χ1n) is 11.8. The second-order valence-corrected chi connectivity index (χ2v) is 20.3. The molecule has 0 amide bonds. The van der Waals surface area contributed by atoms with Crippen LogP contribution in [0.1, 0.15) is 73.5 Å². The van der Waals surface area contributed by atoms with Crippen LogP contribution in [0.5, 0.6) is 0 Å². The monoisotopic (exact) mass is 616 g/mol. The fraction of sp³-hybridized carbons (Fsp3) is 0.739. The van der Waals surface area contributed by atoms with Gasteiger partial charge in [-0.15, -0.1) is 0 Å². The average Bonchev–Trinajstić information content (AvgIpc) is 3.10. The molecular weight excluding hydrogens is 580 g/mol. The maximum atomic E-state index is 14.9. The molecule has 0 aromatic heterocycles. The van der Waals surface area contributed by atoms with Gasteiger partial charge in [0.25, 0.3) is 0 Å². The minimum absolute atomic E-state index is 0.0205. The summed E-state index contributed by atoms with van der Waals surface area (Å²) in [6.07, 6.45) is -1.21. The molecule has 0 aliphatic carbocycles. The van der Waals surface area contributed by atoms with Gasteiger partial charge in [-0.05, 0) is 50.8 Å². The van der Waals surface area contributed by atoms with Gasteiger partial charge in [0.05, 0.1) is 22.4 Å².